The number of nitrogens with zero attached hydrogens (tertiary/aromatic N) is 4. The molecule has 2 aromatic heterocycles. The minimum absolute atomic E-state index is 0.335. The quantitative estimate of drug-likeness (QED) is 0.860. The van der Waals surface area contributed by atoms with Crippen molar-refractivity contribution in [2.24, 2.45) is 0 Å². The summed E-state index contributed by atoms with van der Waals surface area (Å²) in [6, 6.07) is 0.689. The van der Waals surface area contributed by atoms with Crippen LogP contribution >= 0.6 is 0 Å². The van der Waals surface area contributed by atoms with Gasteiger partial charge in [0.15, 0.2) is 11.5 Å². The van der Waals surface area contributed by atoms with Crippen LogP contribution in [0.2, 0.25) is 0 Å². The highest BCUT2D eigenvalue weighted by Gasteiger charge is 2.11. The largest absolute Gasteiger partial charge is 0.366 e. The molecule has 0 atom stereocenters. The second-order valence-electron chi connectivity index (χ2n) is 4.44. The van der Waals surface area contributed by atoms with Gasteiger partial charge in [-0.1, -0.05) is 0 Å². The van der Waals surface area contributed by atoms with Gasteiger partial charge in [0, 0.05) is 12.1 Å². The molecular formula is C11H17N5. The van der Waals surface area contributed by atoms with Crippen molar-refractivity contribution >= 4 is 17.0 Å². The average Bonchev–Trinajstić information content (AvgIpc) is 2.61. The van der Waals surface area contributed by atoms with Crippen molar-refractivity contribution < 1.29 is 0 Å². The van der Waals surface area contributed by atoms with E-state index in [4.69, 9.17) is 0 Å². The molecule has 0 aromatic carbocycles. The Labute approximate surface area is 94.9 Å². The first kappa shape index (κ1) is 10.9. The highest BCUT2D eigenvalue weighted by molar-refractivity contribution is 5.82. The molecule has 0 aliphatic heterocycles. The molecule has 86 valence electrons. The number of hydrogen-bond donors (Lipinski definition) is 1. The van der Waals surface area contributed by atoms with E-state index >= 15 is 0 Å². The molecule has 0 bridgehead atoms. The Bertz CT molecular complexity index is 486. The summed E-state index contributed by atoms with van der Waals surface area (Å²) in [5, 5.41) is 3.27. The summed E-state index contributed by atoms with van der Waals surface area (Å²) >= 11 is 0. The fraction of sp³-hybridized carbons (Fsp3) is 0.545. The molecule has 1 N–H and O–H groups in total. The Balaban J connectivity index is 2.53. The fourth-order valence-electron chi connectivity index (χ4n) is 1.61. The molecule has 0 saturated heterocycles. The van der Waals surface area contributed by atoms with Crippen LogP contribution in [0.4, 0.5) is 5.82 Å². The first-order chi connectivity index (χ1) is 7.59. The molecular weight excluding hydrogens is 202 g/mol. The normalized spacial score (nSPS) is 11.6. The summed E-state index contributed by atoms with van der Waals surface area (Å²) in [6.45, 7) is 8.37. The van der Waals surface area contributed by atoms with Crippen LogP contribution in [0.5, 0.6) is 0 Å². The molecule has 0 saturated carbocycles. The Morgan fingerprint density at radius 3 is 2.50 bits per heavy atom. The van der Waals surface area contributed by atoms with E-state index in [1.165, 1.54) is 0 Å². The van der Waals surface area contributed by atoms with Crippen molar-refractivity contribution in [3.63, 3.8) is 0 Å². The molecule has 0 amide bonds. The van der Waals surface area contributed by atoms with Gasteiger partial charge in [0.1, 0.15) is 11.8 Å². The van der Waals surface area contributed by atoms with Crippen molar-refractivity contribution in [3.05, 3.63) is 12.7 Å². The molecule has 2 aromatic rings. The van der Waals surface area contributed by atoms with Gasteiger partial charge in [-0.15, -0.1) is 0 Å². The number of rotatable bonds is 3. The monoisotopic (exact) mass is 219 g/mol. The minimum atomic E-state index is 0.335. The van der Waals surface area contributed by atoms with Crippen LogP contribution < -0.4 is 5.32 Å². The zero-order valence-corrected chi connectivity index (χ0v) is 10.1. The maximum atomic E-state index is 4.37. The number of fused-ring (bicyclic) bond motifs is 1. The van der Waals surface area contributed by atoms with Crippen LogP contribution in [0.25, 0.3) is 11.2 Å². The Kier molecular flexibility index (Phi) is 2.77. The zero-order valence-electron chi connectivity index (χ0n) is 10.1. The maximum Gasteiger partial charge on any atom is 0.165 e. The van der Waals surface area contributed by atoms with Gasteiger partial charge >= 0.3 is 0 Å². The second-order valence-corrected chi connectivity index (χ2v) is 4.44. The molecule has 0 radical (unpaired) electrons. The Morgan fingerprint density at radius 1 is 1.12 bits per heavy atom. The van der Waals surface area contributed by atoms with Crippen molar-refractivity contribution in [2.45, 2.75) is 39.8 Å². The third-order valence-electron chi connectivity index (χ3n) is 2.34. The second kappa shape index (κ2) is 4.08. The lowest BCUT2D eigenvalue weighted by Gasteiger charge is -2.10. The third kappa shape index (κ3) is 1.85. The van der Waals surface area contributed by atoms with Crippen molar-refractivity contribution in [1.82, 2.24) is 19.5 Å². The van der Waals surface area contributed by atoms with Gasteiger partial charge < -0.3 is 9.88 Å². The minimum Gasteiger partial charge on any atom is -0.366 e. The summed E-state index contributed by atoms with van der Waals surface area (Å²) in [7, 11) is 0. The highest BCUT2D eigenvalue weighted by Crippen LogP contribution is 2.20. The van der Waals surface area contributed by atoms with Gasteiger partial charge in [0.25, 0.3) is 0 Å². The molecule has 5 nitrogen and oxygen atoms in total. The van der Waals surface area contributed by atoms with Crippen LogP contribution in [0.3, 0.4) is 0 Å². The van der Waals surface area contributed by atoms with Gasteiger partial charge in [-0.2, -0.15) is 0 Å². The van der Waals surface area contributed by atoms with Crippen LogP contribution in [-0.2, 0) is 0 Å². The van der Waals surface area contributed by atoms with E-state index in [9.17, 15) is 0 Å². The van der Waals surface area contributed by atoms with E-state index in [1.807, 2.05) is 10.9 Å². The van der Waals surface area contributed by atoms with Crippen molar-refractivity contribution in [2.75, 3.05) is 5.32 Å². The molecule has 2 heterocycles. The van der Waals surface area contributed by atoms with E-state index in [0.29, 0.717) is 12.1 Å². The first-order valence-electron chi connectivity index (χ1n) is 5.53. The summed E-state index contributed by atoms with van der Waals surface area (Å²) in [6.07, 6.45) is 3.39. The standard InChI is InChI=1S/C11H17N5/c1-7(2)15-10-9-11(13-5-12-10)16(6-14-9)8(3)4/h5-8H,1-4H3,(H,12,13,15). The number of aromatic nitrogens is 4. The Morgan fingerprint density at radius 2 is 1.88 bits per heavy atom. The topological polar surface area (TPSA) is 55.6 Å². The predicted molar refractivity (Wildman–Crippen MR) is 64.5 cm³/mol. The van der Waals surface area contributed by atoms with Gasteiger partial charge in [-0.3, -0.25) is 0 Å². The Hall–Kier alpha value is -1.65. The van der Waals surface area contributed by atoms with E-state index in [0.717, 1.165) is 17.0 Å². The van der Waals surface area contributed by atoms with E-state index in [2.05, 4.69) is 48.0 Å². The van der Waals surface area contributed by atoms with Crippen LogP contribution in [0.15, 0.2) is 12.7 Å². The molecule has 0 fully saturated rings. The molecule has 0 unspecified atom stereocenters. The lowest BCUT2D eigenvalue weighted by Crippen LogP contribution is -2.11. The van der Waals surface area contributed by atoms with Crippen molar-refractivity contribution in [1.29, 1.82) is 0 Å². The smallest absolute Gasteiger partial charge is 0.165 e. The molecule has 0 aliphatic carbocycles. The number of nitrogens with one attached hydrogen (secondary N) is 1. The fourth-order valence-corrected chi connectivity index (χ4v) is 1.61. The van der Waals surface area contributed by atoms with Crippen LogP contribution in [0.1, 0.15) is 33.7 Å². The molecule has 2 rings (SSSR count). The summed E-state index contributed by atoms with van der Waals surface area (Å²) in [4.78, 5) is 12.9. The summed E-state index contributed by atoms with van der Waals surface area (Å²) in [5.74, 6) is 0.805. The lowest BCUT2D eigenvalue weighted by atomic mass is 10.3. The van der Waals surface area contributed by atoms with Gasteiger partial charge in [-0.25, -0.2) is 15.0 Å². The van der Waals surface area contributed by atoms with Gasteiger partial charge in [-0.05, 0) is 27.7 Å². The van der Waals surface area contributed by atoms with E-state index in [1.54, 1.807) is 6.33 Å². The van der Waals surface area contributed by atoms with Crippen molar-refractivity contribution in [3.8, 4) is 0 Å². The first-order valence-corrected chi connectivity index (χ1v) is 5.53. The van der Waals surface area contributed by atoms with Crippen LogP contribution in [0, 0.1) is 0 Å². The number of anilines is 1. The number of imidazole rings is 1. The van der Waals surface area contributed by atoms with Gasteiger partial charge in [0.2, 0.25) is 0 Å². The SMILES string of the molecule is CC(C)Nc1ncnc2c1ncn2C(C)C. The molecule has 16 heavy (non-hydrogen) atoms. The van der Waals surface area contributed by atoms with E-state index < -0.39 is 0 Å². The lowest BCUT2D eigenvalue weighted by molar-refractivity contribution is 0.612. The highest BCUT2D eigenvalue weighted by atomic mass is 15.2. The third-order valence-corrected chi connectivity index (χ3v) is 2.34. The zero-order chi connectivity index (χ0) is 11.7. The number of hydrogen-bond acceptors (Lipinski definition) is 4. The summed E-state index contributed by atoms with van der Waals surface area (Å²) < 4.78 is 2.04. The van der Waals surface area contributed by atoms with E-state index in [-0.39, 0.29) is 0 Å². The molecule has 0 aliphatic rings. The van der Waals surface area contributed by atoms with Crippen LogP contribution in [-0.4, -0.2) is 25.6 Å². The molecule has 5 heteroatoms. The predicted octanol–water partition coefficient (Wildman–Crippen LogP) is 2.23. The average molecular weight is 219 g/mol. The summed E-state index contributed by atoms with van der Waals surface area (Å²) in [5.41, 5.74) is 1.72. The maximum absolute atomic E-state index is 4.37. The van der Waals surface area contributed by atoms with Gasteiger partial charge in [0.05, 0.1) is 6.33 Å². The molecule has 0 spiro atoms.